The van der Waals surface area contributed by atoms with Crippen molar-refractivity contribution in [2.24, 2.45) is 0 Å². The SMILES string of the molecule is Cl.Cl.Cl.Cl.Cl.Cl.Cl.Cl.Cl.Cl.[AlH3].[Zr]. The van der Waals surface area contributed by atoms with Gasteiger partial charge in [0.1, 0.15) is 0 Å². The molecule has 0 unspecified atom stereocenters. The van der Waals surface area contributed by atoms with Crippen molar-refractivity contribution in [2.75, 3.05) is 0 Å². The molecule has 0 heterocycles. The molecule has 0 aliphatic heterocycles. The van der Waals surface area contributed by atoms with Crippen molar-refractivity contribution in [3.8, 4) is 0 Å². The van der Waals surface area contributed by atoms with Gasteiger partial charge in [0.15, 0.2) is 17.4 Å². The van der Waals surface area contributed by atoms with Crippen LogP contribution in [0.3, 0.4) is 0 Å². The van der Waals surface area contributed by atoms with Crippen molar-refractivity contribution < 1.29 is 26.2 Å². The first-order chi connectivity index (χ1) is 0. The second-order valence-corrected chi connectivity index (χ2v) is 0. The van der Waals surface area contributed by atoms with E-state index in [9.17, 15) is 0 Å². The summed E-state index contributed by atoms with van der Waals surface area (Å²) in [4.78, 5) is 0. The molecule has 0 aromatic heterocycles. The molecule has 0 aliphatic rings. The van der Waals surface area contributed by atoms with Crippen molar-refractivity contribution >= 4 is 141 Å². The molecule has 0 N–H and O–H groups in total. The third-order valence-electron chi connectivity index (χ3n) is 0. The normalized spacial score (nSPS) is 0. The van der Waals surface area contributed by atoms with Crippen molar-refractivity contribution in [3.05, 3.63) is 0 Å². The Morgan fingerprint density at radius 1 is 0.250 bits per heavy atom. The van der Waals surface area contributed by atoms with Crippen molar-refractivity contribution in [1.82, 2.24) is 0 Å². The van der Waals surface area contributed by atoms with Crippen LogP contribution >= 0.6 is 124 Å². The fourth-order valence-electron chi connectivity index (χ4n) is 0. The Kier molecular flexibility index (Phi) is 2890. The predicted molar refractivity (Wildman–Crippen MR) is 82.4 cm³/mol. The molecular formula is H13AlCl10Zr. The smallest absolute Gasteiger partial charge is 0.147 e. The van der Waals surface area contributed by atoms with Crippen LogP contribution in [-0.2, 0) is 26.2 Å². The van der Waals surface area contributed by atoms with E-state index in [4.69, 9.17) is 0 Å². The Labute approximate surface area is 165 Å². The van der Waals surface area contributed by atoms with E-state index in [1.807, 2.05) is 0 Å². The first kappa shape index (κ1) is 205. The first-order valence-electron chi connectivity index (χ1n) is 0. The number of rotatable bonds is 0. The molecule has 0 aromatic carbocycles. The van der Waals surface area contributed by atoms with Gasteiger partial charge in [-0.25, -0.2) is 0 Å². The molecule has 0 fully saturated rings. The van der Waals surface area contributed by atoms with E-state index in [0.29, 0.717) is 0 Å². The zero-order valence-electron chi connectivity index (χ0n) is 4.58. The maximum Gasteiger partial charge on any atom is 0.187 e. The number of hydrogen-bond acceptors (Lipinski definition) is 0. The Morgan fingerprint density at radius 2 is 0.250 bits per heavy atom. The van der Waals surface area contributed by atoms with E-state index >= 15 is 0 Å². The van der Waals surface area contributed by atoms with Crippen LogP contribution in [0.15, 0.2) is 0 Å². The molecule has 0 aliphatic carbocycles. The van der Waals surface area contributed by atoms with Gasteiger partial charge in [0, 0.05) is 26.2 Å². The molecule has 0 radical (unpaired) electrons. The van der Waals surface area contributed by atoms with E-state index < -0.39 is 0 Å². The summed E-state index contributed by atoms with van der Waals surface area (Å²) in [5, 5.41) is 0. The van der Waals surface area contributed by atoms with E-state index in [2.05, 4.69) is 0 Å². The monoisotopic (exact) mass is 480 g/mol. The van der Waals surface area contributed by atoms with E-state index in [1.54, 1.807) is 0 Å². The van der Waals surface area contributed by atoms with Crippen LogP contribution in [0.1, 0.15) is 0 Å². The number of hydrogen-bond donors (Lipinski definition) is 0. The minimum absolute atomic E-state index is 0. The average Bonchev–Trinajstić information content (AvgIpc) is 0. The topological polar surface area (TPSA) is 0 Å². The maximum absolute atomic E-state index is 0. The molecule has 0 rings (SSSR count). The van der Waals surface area contributed by atoms with Gasteiger partial charge in [0.2, 0.25) is 0 Å². The Hall–Kier alpha value is 4.32. The second-order valence-electron chi connectivity index (χ2n) is 0. The molecule has 90 valence electrons. The quantitative estimate of drug-likeness (QED) is 0.463. The van der Waals surface area contributed by atoms with E-state index in [1.165, 1.54) is 0 Å². The van der Waals surface area contributed by atoms with Gasteiger partial charge in [-0.05, 0) is 0 Å². The van der Waals surface area contributed by atoms with Gasteiger partial charge in [-0.1, -0.05) is 0 Å². The molecule has 12 heavy (non-hydrogen) atoms. The van der Waals surface area contributed by atoms with Gasteiger partial charge in [0.05, 0.1) is 0 Å². The van der Waals surface area contributed by atoms with Crippen molar-refractivity contribution in [3.63, 3.8) is 0 Å². The molecule has 0 atom stereocenters. The second kappa shape index (κ2) is 169. The molecule has 0 saturated heterocycles. The average molecular weight is 486 g/mol. The predicted octanol–water partition coefficient (Wildman–Crippen LogP) is 3.03. The zero-order valence-corrected chi connectivity index (χ0v) is 15.2. The molecular weight excluding hydrogens is 473 g/mol. The van der Waals surface area contributed by atoms with Crippen LogP contribution in [0, 0.1) is 0 Å². The van der Waals surface area contributed by atoms with Crippen LogP contribution in [0.2, 0.25) is 0 Å². The van der Waals surface area contributed by atoms with Crippen LogP contribution in [0.25, 0.3) is 0 Å². The third-order valence-corrected chi connectivity index (χ3v) is 0. The summed E-state index contributed by atoms with van der Waals surface area (Å²) in [6.45, 7) is 0. The fraction of sp³-hybridized carbons (Fsp3) is 0. The van der Waals surface area contributed by atoms with Crippen LogP contribution in [0.5, 0.6) is 0 Å². The van der Waals surface area contributed by atoms with Gasteiger partial charge in [0.25, 0.3) is 0 Å². The first-order valence-corrected chi connectivity index (χ1v) is 0. The van der Waals surface area contributed by atoms with E-state index in [-0.39, 0.29) is 168 Å². The maximum atomic E-state index is 0. The van der Waals surface area contributed by atoms with Crippen LogP contribution < -0.4 is 0 Å². The fourth-order valence-corrected chi connectivity index (χ4v) is 0. The van der Waals surface area contributed by atoms with Crippen LogP contribution in [-0.4, -0.2) is 17.4 Å². The standard InChI is InChI=1S/Al.10ClH.Zr.3H/h;10*1H;;;;. The summed E-state index contributed by atoms with van der Waals surface area (Å²) < 4.78 is 0. The Morgan fingerprint density at radius 3 is 0.250 bits per heavy atom. The molecule has 0 nitrogen and oxygen atoms in total. The summed E-state index contributed by atoms with van der Waals surface area (Å²) in [6.07, 6.45) is 0. The molecule has 0 spiro atoms. The van der Waals surface area contributed by atoms with Crippen molar-refractivity contribution in [1.29, 1.82) is 0 Å². The molecule has 0 aromatic rings. The molecule has 12 heteroatoms. The molecule has 0 amide bonds. The Balaban J connectivity index is 0. The van der Waals surface area contributed by atoms with Gasteiger partial charge in [-0.2, -0.15) is 0 Å². The van der Waals surface area contributed by atoms with Crippen LogP contribution in [0.4, 0.5) is 0 Å². The van der Waals surface area contributed by atoms with Gasteiger partial charge >= 0.3 is 0 Å². The zero-order chi connectivity index (χ0) is 0. The summed E-state index contributed by atoms with van der Waals surface area (Å²) in [6, 6.07) is 0. The van der Waals surface area contributed by atoms with Gasteiger partial charge in [-0.3, -0.25) is 0 Å². The van der Waals surface area contributed by atoms with Crippen molar-refractivity contribution in [2.45, 2.75) is 0 Å². The van der Waals surface area contributed by atoms with E-state index in [0.717, 1.165) is 0 Å². The van der Waals surface area contributed by atoms with Gasteiger partial charge < -0.3 is 0 Å². The minimum Gasteiger partial charge on any atom is -0.147 e. The largest absolute Gasteiger partial charge is 0.187 e. The number of halogens is 10. The Bertz CT molecular complexity index is 9.80. The summed E-state index contributed by atoms with van der Waals surface area (Å²) in [5.74, 6) is 0. The molecule has 0 saturated carbocycles. The molecule has 0 bridgehead atoms. The summed E-state index contributed by atoms with van der Waals surface area (Å²) in [7, 11) is 0. The minimum atomic E-state index is 0. The summed E-state index contributed by atoms with van der Waals surface area (Å²) in [5.41, 5.74) is 0. The third kappa shape index (κ3) is 136. The summed E-state index contributed by atoms with van der Waals surface area (Å²) >= 11 is 0. The van der Waals surface area contributed by atoms with Gasteiger partial charge in [-0.15, -0.1) is 124 Å².